The summed E-state index contributed by atoms with van der Waals surface area (Å²) in [7, 11) is -4.15. The van der Waals surface area contributed by atoms with Crippen molar-refractivity contribution in [1.29, 1.82) is 0 Å². The molecule has 3 nitrogen and oxygen atoms in total. The van der Waals surface area contributed by atoms with Crippen molar-refractivity contribution >= 4 is 13.2 Å². The molecular weight excluding hydrogens is 187 g/mol. The number of benzene rings is 1. The summed E-state index contributed by atoms with van der Waals surface area (Å²) in [5.74, 6) is 0. The van der Waals surface area contributed by atoms with E-state index in [9.17, 15) is 14.7 Å². The number of rotatable bonds is 1. The van der Waals surface area contributed by atoms with E-state index in [1.807, 2.05) is 19.1 Å². The van der Waals surface area contributed by atoms with Crippen LogP contribution in [0.2, 0.25) is 0 Å². The first kappa shape index (κ1) is 10.6. The van der Waals surface area contributed by atoms with Gasteiger partial charge in [-0.25, -0.2) is 0 Å². The Labute approximate surface area is 78.3 Å². The van der Waals surface area contributed by atoms with Gasteiger partial charge in [0.25, 0.3) is 0 Å². The van der Waals surface area contributed by atoms with Crippen LogP contribution in [0.5, 0.6) is 0 Å². The Morgan fingerprint density at radius 1 is 0.923 bits per heavy atom. The van der Waals surface area contributed by atoms with Crippen molar-refractivity contribution in [3.63, 3.8) is 0 Å². The fraction of sp³-hybridized carbons (Fsp3) is 0.333. The molecule has 0 heterocycles. The van der Waals surface area contributed by atoms with Gasteiger partial charge in [0, 0.05) is 0 Å². The Balaban J connectivity index is 3.38. The third kappa shape index (κ3) is 2.26. The zero-order chi connectivity index (χ0) is 10.2. The fourth-order valence-corrected chi connectivity index (χ4v) is 2.91. The SMILES string of the molecule is Cc1cc(C)c([PH](O)(O)O)c(C)c1. The molecule has 0 unspecified atom stereocenters. The third-order valence-corrected chi connectivity index (χ3v) is 3.47. The maximum absolute atomic E-state index is 9.19. The molecule has 0 bridgehead atoms. The van der Waals surface area contributed by atoms with E-state index in [-0.39, 0.29) is 0 Å². The van der Waals surface area contributed by atoms with Gasteiger partial charge in [-0.2, -0.15) is 0 Å². The van der Waals surface area contributed by atoms with Crippen LogP contribution in [-0.2, 0) is 0 Å². The molecule has 0 saturated heterocycles. The van der Waals surface area contributed by atoms with Gasteiger partial charge in [0.2, 0.25) is 0 Å². The maximum atomic E-state index is 9.19. The van der Waals surface area contributed by atoms with E-state index < -0.39 is 7.94 Å². The number of hydrogen-bond donors (Lipinski definition) is 3. The van der Waals surface area contributed by atoms with Gasteiger partial charge in [-0.15, -0.1) is 0 Å². The van der Waals surface area contributed by atoms with Crippen LogP contribution in [0.4, 0.5) is 0 Å². The van der Waals surface area contributed by atoms with Crippen molar-refractivity contribution in [1.82, 2.24) is 0 Å². The van der Waals surface area contributed by atoms with Crippen molar-refractivity contribution in [3.05, 3.63) is 28.8 Å². The number of hydrogen-bond acceptors (Lipinski definition) is 3. The van der Waals surface area contributed by atoms with Crippen LogP contribution in [0.25, 0.3) is 0 Å². The van der Waals surface area contributed by atoms with Crippen molar-refractivity contribution in [3.8, 4) is 0 Å². The molecule has 0 fully saturated rings. The molecule has 0 aromatic heterocycles. The molecule has 0 aliphatic rings. The van der Waals surface area contributed by atoms with Crippen molar-refractivity contribution in [2.75, 3.05) is 0 Å². The molecular formula is C9H15O3P. The van der Waals surface area contributed by atoms with Crippen LogP contribution in [-0.4, -0.2) is 14.7 Å². The molecule has 74 valence electrons. The quantitative estimate of drug-likeness (QED) is 0.588. The molecule has 0 saturated carbocycles. The van der Waals surface area contributed by atoms with Gasteiger partial charge in [0.1, 0.15) is 0 Å². The van der Waals surface area contributed by atoms with E-state index in [0.29, 0.717) is 5.30 Å². The molecule has 4 heteroatoms. The topological polar surface area (TPSA) is 60.7 Å². The first-order valence-corrected chi connectivity index (χ1v) is 5.92. The zero-order valence-corrected chi connectivity index (χ0v) is 9.00. The van der Waals surface area contributed by atoms with Gasteiger partial charge < -0.3 is 0 Å². The van der Waals surface area contributed by atoms with E-state index in [1.54, 1.807) is 13.8 Å². The van der Waals surface area contributed by atoms with Gasteiger partial charge in [-0.3, -0.25) is 0 Å². The Hall–Kier alpha value is -0.470. The monoisotopic (exact) mass is 202 g/mol. The summed E-state index contributed by atoms with van der Waals surface area (Å²) >= 11 is 0. The minimum atomic E-state index is -4.15. The molecule has 0 radical (unpaired) electrons. The van der Waals surface area contributed by atoms with E-state index >= 15 is 0 Å². The van der Waals surface area contributed by atoms with Crippen molar-refractivity contribution < 1.29 is 14.7 Å². The third-order valence-electron chi connectivity index (χ3n) is 2.01. The molecule has 1 rings (SSSR count). The van der Waals surface area contributed by atoms with Crippen LogP contribution in [0.1, 0.15) is 16.7 Å². The summed E-state index contributed by atoms with van der Waals surface area (Å²) in [6.07, 6.45) is 0. The van der Waals surface area contributed by atoms with Crippen LogP contribution in [0.15, 0.2) is 12.1 Å². The number of aryl methyl sites for hydroxylation is 3. The predicted molar refractivity (Wildman–Crippen MR) is 55.3 cm³/mol. The first-order valence-electron chi connectivity index (χ1n) is 4.08. The zero-order valence-electron chi connectivity index (χ0n) is 8.00. The van der Waals surface area contributed by atoms with Gasteiger partial charge in [0.15, 0.2) is 0 Å². The Bertz CT molecular complexity index is 305. The van der Waals surface area contributed by atoms with Crippen LogP contribution < -0.4 is 5.30 Å². The van der Waals surface area contributed by atoms with Crippen LogP contribution >= 0.6 is 7.94 Å². The van der Waals surface area contributed by atoms with Gasteiger partial charge in [0.05, 0.1) is 0 Å². The minimum absolute atomic E-state index is 0.304. The summed E-state index contributed by atoms with van der Waals surface area (Å²) in [5.41, 5.74) is 2.52. The van der Waals surface area contributed by atoms with E-state index in [0.717, 1.165) is 16.7 Å². The van der Waals surface area contributed by atoms with E-state index in [2.05, 4.69) is 0 Å². The Morgan fingerprint density at radius 2 is 1.31 bits per heavy atom. The first-order chi connectivity index (χ1) is 5.82. The second kappa shape index (κ2) is 3.35. The summed E-state index contributed by atoms with van der Waals surface area (Å²) in [6.45, 7) is 5.46. The fourth-order valence-electron chi connectivity index (χ4n) is 1.71. The summed E-state index contributed by atoms with van der Waals surface area (Å²) < 4.78 is 0. The summed E-state index contributed by atoms with van der Waals surface area (Å²) in [6, 6.07) is 3.65. The molecule has 1 aromatic carbocycles. The van der Waals surface area contributed by atoms with Crippen LogP contribution in [0.3, 0.4) is 0 Å². The average molecular weight is 202 g/mol. The van der Waals surface area contributed by atoms with E-state index in [1.165, 1.54) is 0 Å². The second-order valence-corrected chi connectivity index (χ2v) is 5.18. The molecule has 0 atom stereocenters. The Morgan fingerprint density at radius 3 is 1.62 bits per heavy atom. The molecule has 1 aromatic rings. The molecule has 0 aliphatic heterocycles. The summed E-state index contributed by atoms with van der Waals surface area (Å²) in [4.78, 5) is 27.6. The molecule has 0 spiro atoms. The second-order valence-electron chi connectivity index (χ2n) is 3.41. The van der Waals surface area contributed by atoms with Gasteiger partial charge in [-0.1, -0.05) is 0 Å². The van der Waals surface area contributed by atoms with Crippen molar-refractivity contribution in [2.45, 2.75) is 20.8 Å². The Kier molecular flexibility index (Phi) is 2.74. The average Bonchev–Trinajstić information content (AvgIpc) is 1.78. The van der Waals surface area contributed by atoms with Crippen molar-refractivity contribution in [2.24, 2.45) is 0 Å². The normalized spacial score (nSPS) is 13.1. The van der Waals surface area contributed by atoms with E-state index in [4.69, 9.17) is 0 Å². The standard InChI is InChI=1S/C9H15O3P/c1-6-4-7(2)9(8(3)5-6)13(10,11)12/h4-5,10-13H,1-3H3. The summed E-state index contributed by atoms with van der Waals surface area (Å²) in [5, 5.41) is 0.304. The molecule has 0 amide bonds. The van der Waals surface area contributed by atoms with Gasteiger partial charge >= 0.3 is 77.5 Å². The predicted octanol–water partition coefficient (Wildman–Crippen LogP) is 0.709. The molecule has 3 N–H and O–H groups in total. The van der Waals surface area contributed by atoms with Gasteiger partial charge in [-0.05, 0) is 0 Å². The molecule has 0 aliphatic carbocycles. The molecule has 13 heavy (non-hydrogen) atoms. The van der Waals surface area contributed by atoms with Crippen LogP contribution in [0, 0.1) is 20.8 Å².